The molecule has 0 saturated heterocycles. The van der Waals surface area contributed by atoms with Gasteiger partial charge in [-0.05, 0) is 21.5 Å². The van der Waals surface area contributed by atoms with Crippen molar-refractivity contribution in [3.63, 3.8) is 0 Å². The first-order valence-electron chi connectivity index (χ1n) is 5.27. The van der Waals surface area contributed by atoms with Crippen LogP contribution in [0.1, 0.15) is 0 Å². The first-order valence-corrected chi connectivity index (χ1v) is 5.27. The van der Waals surface area contributed by atoms with Gasteiger partial charge in [0.25, 0.3) is 0 Å². The minimum atomic E-state index is 0.837. The van der Waals surface area contributed by atoms with Gasteiger partial charge in [0, 0.05) is 0 Å². The summed E-state index contributed by atoms with van der Waals surface area (Å²) in [6.45, 7) is 0. The third kappa shape index (κ3) is 1.39. The van der Waals surface area contributed by atoms with E-state index in [-0.39, 0.29) is 0 Å². The molecule has 0 aliphatic heterocycles. The zero-order valence-electron chi connectivity index (χ0n) is 8.72. The van der Waals surface area contributed by atoms with Gasteiger partial charge < -0.3 is 5.02 Å². The first-order chi connectivity index (χ1) is 7.88. The molecule has 75 valence electrons. The summed E-state index contributed by atoms with van der Waals surface area (Å²) < 4.78 is 0. The Balaban J connectivity index is 2.47. The molecule has 0 atom stereocenters. The average molecular weight is 205 g/mol. The quantitative estimate of drug-likeness (QED) is 0.477. The van der Waals surface area contributed by atoms with Gasteiger partial charge in [-0.1, -0.05) is 60.1 Å². The Morgan fingerprint density at radius 1 is 0.750 bits per heavy atom. The lowest BCUT2D eigenvalue weighted by Gasteiger charge is -2.04. The van der Waals surface area contributed by atoms with E-state index in [4.69, 9.17) is 5.02 Å². The molecule has 1 radical (unpaired) electrons. The van der Waals surface area contributed by atoms with Crippen molar-refractivity contribution in [3.05, 3.63) is 54.6 Å². The van der Waals surface area contributed by atoms with Crippen molar-refractivity contribution in [3.8, 4) is 0 Å². The average Bonchev–Trinajstić information content (AvgIpc) is 2.38. The Bertz CT molecular complexity index is 661. The van der Waals surface area contributed by atoms with Crippen molar-refractivity contribution in [2.75, 3.05) is 0 Å². The normalized spacial score (nSPS) is 10.8. The van der Waals surface area contributed by atoms with E-state index in [0.29, 0.717) is 0 Å². The summed E-state index contributed by atoms with van der Waals surface area (Å²) >= 11 is 0. The molecule has 16 heavy (non-hydrogen) atoms. The highest BCUT2D eigenvalue weighted by atomic mass is 16.2. The zero-order chi connectivity index (χ0) is 11.0. The minimum Gasteiger partial charge on any atom is -0.450 e. The van der Waals surface area contributed by atoms with Gasteiger partial charge in [0.2, 0.25) is 0 Å². The van der Waals surface area contributed by atoms with E-state index in [1.807, 2.05) is 30.3 Å². The van der Waals surface area contributed by atoms with Crippen molar-refractivity contribution in [2.45, 2.75) is 0 Å². The Morgan fingerprint density at radius 3 is 2.25 bits per heavy atom. The Kier molecular flexibility index (Phi) is 2.15. The number of rotatable bonds is 1. The molecular formula is C14H10BO. The van der Waals surface area contributed by atoms with E-state index in [9.17, 15) is 0 Å². The summed E-state index contributed by atoms with van der Waals surface area (Å²) in [6.07, 6.45) is 0. The molecule has 2 heteroatoms. The number of hydrogen-bond acceptors (Lipinski definition) is 1. The lowest BCUT2D eigenvalue weighted by Crippen LogP contribution is -2.12. The molecule has 0 fully saturated rings. The lowest BCUT2D eigenvalue weighted by molar-refractivity contribution is 0.615. The molecule has 0 aliphatic rings. The van der Waals surface area contributed by atoms with E-state index in [1.165, 1.54) is 21.5 Å². The third-order valence-corrected chi connectivity index (χ3v) is 2.92. The summed E-state index contributed by atoms with van der Waals surface area (Å²) in [6, 6.07) is 18.5. The van der Waals surface area contributed by atoms with Crippen molar-refractivity contribution in [1.82, 2.24) is 0 Å². The summed E-state index contributed by atoms with van der Waals surface area (Å²) in [4.78, 5) is 0. The van der Waals surface area contributed by atoms with Gasteiger partial charge in [0.15, 0.2) is 0 Å². The maximum absolute atomic E-state index is 9.04. The van der Waals surface area contributed by atoms with E-state index in [0.717, 1.165) is 12.9 Å². The van der Waals surface area contributed by atoms with E-state index in [1.54, 1.807) is 0 Å². The van der Waals surface area contributed by atoms with Crippen LogP contribution >= 0.6 is 0 Å². The minimum absolute atomic E-state index is 0.837. The maximum atomic E-state index is 9.04. The Hall–Kier alpha value is -1.80. The molecule has 3 aromatic rings. The van der Waals surface area contributed by atoms with Crippen molar-refractivity contribution in [1.29, 1.82) is 0 Å². The largest absolute Gasteiger partial charge is 0.450 e. The zero-order valence-corrected chi connectivity index (χ0v) is 8.72. The fourth-order valence-electron chi connectivity index (χ4n) is 2.10. The highest BCUT2D eigenvalue weighted by Gasteiger charge is 2.01. The standard InChI is InChI=1S/C14H10BO/c16-15-12-8-7-11-6-5-10-3-1-2-4-13(10)14(11)9-12/h1-9,16H. The second kappa shape index (κ2) is 3.65. The molecule has 3 rings (SSSR count). The van der Waals surface area contributed by atoms with Gasteiger partial charge in [-0.3, -0.25) is 0 Å². The van der Waals surface area contributed by atoms with Crippen LogP contribution in [-0.4, -0.2) is 12.5 Å². The molecule has 0 unspecified atom stereocenters. The molecule has 0 heterocycles. The van der Waals surface area contributed by atoms with Gasteiger partial charge in [-0.25, -0.2) is 0 Å². The van der Waals surface area contributed by atoms with Crippen LogP contribution in [0.2, 0.25) is 0 Å². The maximum Gasteiger partial charge on any atom is 0.326 e. The predicted molar refractivity (Wildman–Crippen MR) is 69.1 cm³/mol. The Labute approximate surface area is 94.6 Å². The smallest absolute Gasteiger partial charge is 0.326 e. The highest BCUT2D eigenvalue weighted by Crippen LogP contribution is 2.23. The summed E-state index contributed by atoms with van der Waals surface area (Å²) in [5.41, 5.74) is 0.837. The SMILES string of the molecule is O[B]c1ccc2ccc3ccccc3c2c1. The van der Waals surface area contributed by atoms with Gasteiger partial charge in [0.05, 0.1) is 0 Å². The van der Waals surface area contributed by atoms with Crippen LogP contribution in [0.25, 0.3) is 21.5 Å². The number of benzene rings is 3. The second-order valence-electron chi connectivity index (χ2n) is 3.90. The van der Waals surface area contributed by atoms with Gasteiger partial charge in [0.1, 0.15) is 0 Å². The summed E-state index contributed by atoms with van der Waals surface area (Å²) in [7, 11) is 1.14. The molecule has 3 aromatic carbocycles. The molecule has 0 aliphatic carbocycles. The Morgan fingerprint density at radius 2 is 1.44 bits per heavy atom. The van der Waals surface area contributed by atoms with Gasteiger partial charge in [-0.15, -0.1) is 0 Å². The van der Waals surface area contributed by atoms with Crippen LogP contribution < -0.4 is 5.46 Å². The molecule has 0 amide bonds. The predicted octanol–water partition coefficient (Wildman–Crippen LogP) is 2.23. The van der Waals surface area contributed by atoms with Crippen LogP contribution in [-0.2, 0) is 0 Å². The first kappa shape index (κ1) is 9.43. The topological polar surface area (TPSA) is 20.2 Å². The molecule has 1 N–H and O–H groups in total. The highest BCUT2D eigenvalue weighted by molar-refractivity contribution is 6.46. The van der Waals surface area contributed by atoms with E-state index >= 15 is 0 Å². The van der Waals surface area contributed by atoms with Gasteiger partial charge >= 0.3 is 7.48 Å². The van der Waals surface area contributed by atoms with Gasteiger partial charge in [-0.2, -0.15) is 0 Å². The monoisotopic (exact) mass is 205 g/mol. The van der Waals surface area contributed by atoms with Crippen LogP contribution in [0.3, 0.4) is 0 Å². The van der Waals surface area contributed by atoms with Crippen LogP contribution in [0, 0.1) is 0 Å². The molecular weight excluding hydrogens is 195 g/mol. The second-order valence-corrected chi connectivity index (χ2v) is 3.90. The van der Waals surface area contributed by atoms with E-state index in [2.05, 4.69) is 24.3 Å². The van der Waals surface area contributed by atoms with Crippen molar-refractivity contribution >= 4 is 34.5 Å². The third-order valence-electron chi connectivity index (χ3n) is 2.92. The molecule has 0 spiro atoms. The fourth-order valence-corrected chi connectivity index (χ4v) is 2.10. The molecule has 0 bridgehead atoms. The van der Waals surface area contributed by atoms with Crippen LogP contribution in [0.4, 0.5) is 0 Å². The molecule has 0 saturated carbocycles. The lowest BCUT2D eigenvalue weighted by atomic mass is 9.86. The molecule has 1 nitrogen and oxygen atoms in total. The number of hydrogen-bond donors (Lipinski definition) is 1. The van der Waals surface area contributed by atoms with Crippen LogP contribution in [0.5, 0.6) is 0 Å². The fraction of sp³-hybridized carbons (Fsp3) is 0. The number of fused-ring (bicyclic) bond motifs is 3. The summed E-state index contributed by atoms with van der Waals surface area (Å²) in [5, 5.41) is 13.9. The van der Waals surface area contributed by atoms with Crippen molar-refractivity contribution in [2.24, 2.45) is 0 Å². The van der Waals surface area contributed by atoms with Crippen molar-refractivity contribution < 1.29 is 5.02 Å². The van der Waals surface area contributed by atoms with Crippen LogP contribution in [0.15, 0.2) is 54.6 Å². The summed E-state index contributed by atoms with van der Waals surface area (Å²) in [5.74, 6) is 0. The van der Waals surface area contributed by atoms with E-state index < -0.39 is 0 Å². The molecule has 0 aromatic heterocycles.